The van der Waals surface area contributed by atoms with Crippen LogP contribution in [-0.4, -0.2) is 11.8 Å². The summed E-state index contributed by atoms with van der Waals surface area (Å²) in [5, 5.41) is 6.73. The van der Waals surface area contributed by atoms with Crippen LogP contribution in [0.4, 0.5) is 15.8 Å². The van der Waals surface area contributed by atoms with Gasteiger partial charge in [0.25, 0.3) is 5.91 Å². The van der Waals surface area contributed by atoms with E-state index in [-0.39, 0.29) is 17.5 Å². The lowest BCUT2D eigenvalue weighted by atomic mass is 10.2. The van der Waals surface area contributed by atoms with Gasteiger partial charge < -0.3 is 10.6 Å². The van der Waals surface area contributed by atoms with Gasteiger partial charge in [-0.2, -0.15) is 0 Å². The van der Waals surface area contributed by atoms with Crippen molar-refractivity contribution in [3.05, 3.63) is 43.9 Å². The molecule has 0 aliphatic rings. The SMILES string of the molecule is CC(=O)Nc1ccc(F)c(NC(=O)c2csc(I)c2)c1. The molecule has 0 radical (unpaired) electrons. The second kappa shape index (κ2) is 6.31. The number of carbonyl (C=O) groups is 2. The molecule has 104 valence electrons. The molecule has 0 saturated heterocycles. The molecule has 0 saturated carbocycles. The summed E-state index contributed by atoms with van der Waals surface area (Å²) in [7, 11) is 0. The maximum atomic E-state index is 13.7. The Morgan fingerprint density at radius 3 is 2.60 bits per heavy atom. The first-order valence-corrected chi connectivity index (χ1v) is 7.54. The quantitative estimate of drug-likeness (QED) is 0.767. The van der Waals surface area contributed by atoms with Crippen LogP contribution >= 0.6 is 33.9 Å². The lowest BCUT2D eigenvalue weighted by molar-refractivity contribution is -0.114. The number of benzene rings is 1. The molecular weight excluding hydrogens is 394 g/mol. The molecule has 2 N–H and O–H groups in total. The predicted octanol–water partition coefficient (Wildman–Crippen LogP) is 3.70. The highest BCUT2D eigenvalue weighted by molar-refractivity contribution is 14.1. The molecule has 4 nitrogen and oxygen atoms in total. The Morgan fingerprint density at radius 1 is 1.25 bits per heavy atom. The molecule has 0 aliphatic carbocycles. The van der Waals surface area contributed by atoms with Crippen LogP contribution in [0.2, 0.25) is 0 Å². The fraction of sp³-hybridized carbons (Fsp3) is 0.0769. The molecular formula is C13H10FIN2O2S. The number of thiophene rings is 1. The first kappa shape index (κ1) is 14.9. The first-order valence-electron chi connectivity index (χ1n) is 5.58. The van der Waals surface area contributed by atoms with Gasteiger partial charge in [-0.25, -0.2) is 4.39 Å². The van der Waals surface area contributed by atoms with Crippen molar-refractivity contribution in [3.8, 4) is 0 Å². The van der Waals surface area contributed by atoms with Gasteiger partial charge >= 0.3 is 0 Å². The molecule has 2 aromatic rings. The Hall–Kier alpha value is -1.48. The van der Waals surface area contributed by atoms with E-state index in [9.17, 15) is 14.0 Å². The second-order valence-corrected chi connectivity index (χ2v) is 6.77. The number of hydrogen-bond acceptors (Lipinski definition) is 3. The third kappa shape index (κ3) is 3.76. The Bertz CT molecular complexity index is 672. The van der Waals surface area contributed by atoms with Crippen molar-refractivity contribution in [3.63, 3.8) is 0 Å². The van der Waals surface area contributed by atoms with E-state index in [1.54, 1.807) is 11.4 Å². The summed E-state index contributed by atoms with van der Waals surface area (Å²) in [5.74, 6) is -1.21. The van der Waals surface area contributed by atoms with E-state index in [0.29, 0.717) is 11.3 Å². The van der Waals surface area contributed by atoms with E-state index < -0.39 is 5.82 Å². The van der Waals surface area contributed by atoms with Gasteiger partial charge in [0, 0.05) is 18.0 Å². The van der Waals surface area contributed by atoms with Crippen molar-refractivity contribution in [2.24, 2.45) is 0 Å². The van der Waals surface area contributed by atoms with Crippen LogP contribution in [0.25, 0.3) is 0 Å². The smallest absolute Gasteiger partial charge is 0.256 e. The standard InChI is InChI=1S/C13H10FIN2O2S/c1-7(18)16-9-2-3-10(14)11(5-9)17-13(19)8-4-12(15)20-6-8/h2-6H,1H3,(H,16,18)(H,17,19). The fourth-order valence-corrected chi connectivity index (χ4v) is 2.85. The monoisotopic (exact) mass is 404 g/mol. The number of hydrogen-bond donors (Lipinski definition) is 2. The average Bonchev–Trinajstić information content (AvgIpc) is 2.79. The van der Waals surface area contributed by atoms with Gasteiger partial charge in [0.2, 0.25) is 5.91 Å². The molecule has 2 rings (SSSR count). The van der Waals surface area contributed by atoms with Crippen LogP contribution < -0.4 is 10.6 Å². The third-order valence-corrected chi connectivity index (χ3v) is 4.15. The zero-order valence-electron chi connectivity index (χ0n) is 10.4. The zero-order chi connectivity index (χ0) is 14.7. The number of halogens is 2. The summed E-state index contributed by atoms with van der Waals surface area (Å²) in [6.07, 6.45) is 0. The van der Waals surface area contributed by atoms with Crippen molar-refractivity contribution in [2.75, 3.05) is 10.6 Å². The van der Waals surface area contributed by atoms with Gasteiger partial charge in [-0.3, -0.25) is 9.59 Å². The van der Waals surface area contributed by atoms with Crippen molar-refractivity contribution < 1.29 is 14.0 Å². The molecule has 7 heteroatoms. The van der Waals surface area contributed by atoms with Gasteiger partial charge in [0.05, 0.1) is 14.1 Å². The summed E-state index contributed by atoms with van der Waals surface area (Å²) in [4.78, 5) is 22.9. The van der Waals surface area contributed by atoms with Crippen LogP contribution in [0, 0.1) is 8.70 Å². The minimum Gasteiger partial charge on any atom is -0.326 e. The molecule has 1 aromatic carbocycles. The zero-order valence-corrected chi connectivity index (χ0v) is 13.3. The van der Waals surface area contributed by atoms with Crippen LogP contribution in [0.15, 0.2) is 29.6 Å². The van der Waals surface area contributed by atoms with Crippen LogP contribution in [0.3, 0.4) is 0 Å². The first-order chi connectivity index (χ1) is 9.45. The van der Waals surface area contributed by atoms with E-state index in [0.717, 1.165) is 2.88 Å². The maximum absolute atomic E-state index is 13.7. The maximum Gasteiger partial charge on any atom is 0.256 e. The van der Waals surface area contributed by atoms with Gasteiger partial charge in [-0.1, -0.05) is 0 Å². The van der Waals surface area contributed by atoms with Crippen molar-refractivity contribution in [1.82, 2.24) is 0 Å². The highest BCUT2D eigenvalue weighted by atomic mass is 127. The van der Waals surface area contributed by atoms with E-state index in [1.807, 2.05) is 0 Å². The van der Waals surface area contributed by atoms with Crippen LogP contribution in [0.1, 0.15) is 17.3 Å². The highest BCUT2D eigenvalue weighted by Crippen LogP contribution is 2.22. The molecule has 0 spiro atoms. The number of carbonyl (C=O) groups excluding carboxylic acids is 2. The predicted molar refractivity (Wildman–Crippen MR) is 85.7 cm³/mol. The van der Waals surface area contributed by atoms with Crippen molar-refractivity contribution in [1.29, 1.82) is 0 Å². The summed E-state index contributed by atoms with van der Waals surface area (Å²) in [6.45, 7) is 1.36. The van der Waals surface area contributed by atoms with Crippen molar-refractivity contribution in [2.45, 2.75) is 6.92 Å². The van der Waals surface area contributed by atoms with Gasteiger partial charge in [0.1, 0.15) is 5.82 Å². The number of anilines is 2. The Balaban J connectivity index is 2.19. The molecule has 0 aliphatic heterocycles. The van der Waals surface area contributed by atoms with Gasteiger partial charge in [-0.05, 0) is 46.9 Å². The second-order valence-electron chi connectivity index (χ2n) is 3.97. The molecule has 0 fully saturated rings. The molecule has 1 aromatic heterocycles. The summed E-state index contributed by atoms with van der Waals surface area (Å²) < 4.78 is 14.6. The minimum atomic E-state index is -0.558. The molecule has 20 heavy (non-hydrogen) atoms. The Morgan fingerprint density at radius 2 is 2.00 bits per heavy atom. The Labute approximate surface area is 132 Å². The lowest BCUT2D eigenvalue weighted by Gasteiger charge is -2.08. The number of nitrogens with one attached hydrogen (secondary N) is 2. The number of amides is 2. The van der Waals surface area contributed by atoms with Crippen LogP contribution in [0.5, 0.6) is 0 Å². The van der Waals surface area contributed by atoms with Gasteiger partial charge in [0.15, 0.2) is 0 Å². The topological polar surface area (TPSA) is 58.2 Å². The van der Waals surface area contributed by atoms with Gasteiger partial charge in [-0.15, -0.1) is 11.3 Å². The summed E-state index contributed by atoms with van der Waals surface area (Å²) >= 11 is 3.54. The lowest BCUT2D eigenvalue weighted by Crippen LogP contribution is -2.13. The van der Waals surface area contributed by atoms with E-state index in [2.05, 4.69) is 33.2 Å². The van der Waals surface area contributed by atoms with E-state index >= 15 is 0 Å². The fourth-order valence-electron chi connectivity index (χ4n) is 1.53. The largest absolute Gasteiger partial charge is 0.326 e. The highest BCUT2D eigenvalue weighted by Gasteiger charge is 2.12. The molecule has 0 bridgehead atoms. The molecule has 2 amide bonds. The van der Waals surface area contributed by atoms with E-state index in [1.165, 1.54) is 36.5 Å². The molecule has 1 heterocycles. The number of rotatable bonds is 3. The molecule has 0 unspecified atom stereocenters. The third-order valence-electron chi connectivity index (χ3n) is 2.36. The van der Waals surface area contributed by atoms with Crippen LogP contribution in [-0.2, 0) is 4.79 Å². The normalized spacial score (nSPS) is 10.2. The average molecular weight is 404 g/mol. The Kier molecular flexibility index (Phi) is 4.71. The molecule has 0 atom stereocenters. The minimum absolute atomic E-state index is 0.0301. The summed E-state index contributed by atoms with van der Waals surface area (Å²) in [5.41, 5.74) is 0.931. The van der Waals surface area contributed by atoms with E-state index in [4.69, 9.17) is 0 Å². The van der Waals surface area contributed by atoms with Crippen molar-refractivity contribution >= 4 is 57.1 Å². The summed E-state index contributed by atoms with van der Waals surface area (Å²) in [6, 6.07) is 5.72.